The average molecular weight is 264 g/mol. The van der Waals surface area contributed by atoms with Gasteiger partial charge in [-0.3, -0.25) is 0 Å². The van der Waals surface area contributed by atoms with Crippen LogP contribution in [0.4, 0.5) is 0 Å². The molecule has 12 unspecified atom stereocenters. The second-order valence-corrected chi connectivity index (χ2v) is 10.9. The van der Waals surface area contributed by atoms with Crippen molar-refractivity contribution in [1.82, 2.24) is 0 Å². The minimum atomic E-state index is 0.235. The van der Waals surface area contributed by atoms with E-state index in [1.54, 1.807) is 6.42 Å². The van der Waals surface area contributed by atoms with Gasteiger partial charge >= 0.3 is 0 Å². The summed E-state index contributed by atoms with van der Waals surface area (Å²) in [4.78, 5) is 0. The fraction of sp³-hybridized carbons (Fsp3) is 1.00. The summed E-state index contributed by atoms with van der Waals surface area (Å²) in [5.74, 6) is 5.97. The normalized spacial score (nSPS) is 93.2. The summed E-state index contributed by atoms with van der Waals surface area (Å²) in [5.41, 5.74) is 3.00. The molecule has 0 aromatic rings. The van der Waals surface area contributed by atoms with E-state index in [0.29, 0.717) is 27.1 Å². The fourth-order valence-electron chi connectivity index (χ4n) is 12.0. The highest BCUT2D eigenvalue weighted by molar-refractivity contribution is 6.18. The first kappa shape index (κ1) is 10.7. The largest absolute Gasteiger partial charge is 0.0758 e. The molecule has 7 aliphatic rings. The maximum Gasteiger partial charge on any atom is 0.0758 e. The zero-order valence-corrected chi connectivity index (χ0v) is 13.5. The Morgan fingerprint density at radius 2 is 1.45 bits per heavy atom. The number of hydrogen-bond donors (Lipinski definition) is 0. The molecule has 1 heteroatoms. The summed E-state index contributed by atoms with van der Waals surface area (Å²) in [6.07, 6.45) is 2.93. The molecule has 0 saturated heterocycles. The quantitative estimate of drug-likeness (QED) is 0.582. The van der Waals surface area contributed by atoms with Gasteiger partial charge < -0.3 is 0 Å². The number of rotatable bonds is 0. The first-order chi connectivity index (χ1) is 9.18. The van der Waals surface area contributed by atoms with Crippen LogP contribution in [0.25, 0.3) is 0 Å². The molecule has 0 aromatic carbocycles. The molecule has 7 aliphatic carbocycles. The van der Waals surface area contributed by atoms with E-state index in [4.69, 9.17) is 7.85 Å². The Labute approximate surface area is 123 Å². The summed E-state index contributed by atoms with van der Waals surface area (Å²) in [6.45, 7) is 13.3. The monoisotopic (exact) mass is 264 g/mol. The van der Waals surface area contributed by atoms with Crippen LogP contribution in [-0.4, -0.2) is 7.85 Å². The zero-order valence-electron chi connectivity index (χ0n) is 13.5. The maximum absolute atomic E-state index is 7.03. The first-order valence-corrected chi connectivity index (χ1v) is 8.97. The molecule has 0 N–H and O–H groups in total. The van der Waals surface area contributed by atoms with Crippen molar-refractivity contribution >= 4 is 7.85 Å². The van der Waals surface area contributed by atoms with Crippen molar-refractivity contribution in [3.05, 3.63) is 0 Å². The molecule has 2 radical (unpaired) electrons. The molecule has 104 valence electrons. The van der Waals surface area contributed by atoms with Gasteiger partial charge in [-0.1, -0.05) is 46.4 Å². The zero-order chi connectivity index (χ0) is 13.9. The topological polar surface area (TPSA) is 0 Å². The van der Waals surface area contributed by atoms with Gasteiger partial charge in [-0.25, -0.2) is 0 Å². The van der Waals surface area contributed by atoms with Gasteiger partial charge in [0.2, 0.25) is 0 Å². The molecule has 7 rings (SSSR count). The van der Waals surface area contributed by atoms with E-state index < -0.39 is 0 Å². The Kier molecular flexibility index (Phi) is 1.06. The molecule has 0 aliphatic heterocycles. The highest BCUT2D eigenvalue weighted by atomic mass is 15.1. The van der Waals surface area contributed by atoms with E-state index in [9.17, 15) is 0 Å². The van der Waals surface area contributed by atoms with E-state index >= 15 is 0 Å². The van der Waals surface area contributed by atoms with Crippen molar-refractivity contribution in [2.75, 3.05) is 0 Å². The Balaban J connectivity index is 1.62. The summed E-state index contributed by atoms with van der Waals surface area (Å²) < 4.78 is 0. The summed E-state index contributed by atoms with van der Waals surface area (Å²) >= 11 is 0. The van der Waals surface area contributed by atoms with E-state index in [1.165, 1.54) is 6.42 Å². The lowest BCUT2D eigenvalue weighted by atomic mass is 8.98. The van der Waals surface area contributed by atoms with Gasteiger partial charge in [0, 0.05) is 0 Å². The van der Waals surface area contributed by atoms with Crippen LogP contribution in [-0.2, 0) is 0 Å². The second-order valence-electron chi connectivity index (χ2n) is 10.9. The van der Waals surface area contributed by atoms with Crippen molar-refractivity contribution in [2.45, 2.75) is 52.8 Å². The average Bonchev–Trinajstić information content (AvgIpc) is 2.57. The molecular formula is C19H25B. The number of hydrogen-bond acceptors (Lipinski definition) is 0. The molecular weight excluding hydrogens is 239 g/mol. The molecule has 0 nitrogen and oxygen atoms in total. The third-order valence-corrected chi connectivity index (χ3v) is 12.8. The Bertz CT molecular complexity index is 654. The van der Waals surface area contributed by atoms with Gasteiger partial charge in [0.25, 0.3) is 0 Å². The lowest BCUT2D eigenvalue weighted by Crippen LogP contribution is -2.99. The standard InChI is InChI=1S/C19H25B/c1-14-8-6-9(14)11-12-13-18(5,17(12,4)16(11,14)3)15(2)10(8)7-19(13,15)20/h8-13H,6-7H2,1-5H3. The highest BCUT2D eigenvalue weighted by Crippen LogP contribution is 3.12. The van der Waals surface area contributed by atoms with Crippen LogP contribution in [0.15, 0.2) is 0 Å². The van der Waals surface area contributed by atoms with Gasteiger partial charge in [-0.15, -0.1) is 0 Å². The van der Waals surface area contributed by atoms with Crippen molar-refractivity contribution in [3.63, 3.8) is 0 Å². The number of fused-ring (bicyclic) bond motifs is 5. The van der Waals surface area contributed by atoms with Gasteiger partial charge in [-0.05, 0) is 69.0 Å². The third-order valence-electron chi connectivity index (χ3n) is 12.8. The van der Waals surface area contributed by atoms with Crippen LogP contribution in [0.5, 0.6) is 0 Å². The Morgan fingerprint density at radius 1 is 0.750 bits per heavy atom. The minimum absolute atomic E-state index is 0.235. The van der Waals surface area contributed by atoms with Gasteiger partial charge in [0.05, 0.1) is 7.85 Å². The Hall–Kier alpha value is 0.0649. The fourth-order valence-corrected chi connectivity index (χ4v) is 12.0. The van der Waals surface area contributed by atoms with Crippen molar-refractivity contribution in [2.24, 2.45) is 62.6 Å². The summed E-state index contributed by atoms with van der Waals surface area (Å²) in [7, 11) is 7.03. The van der Waals surface area contributed by atoms with E-state index in [2.05, 4.69) is 34.6 Å². The molecule has 20 heavy (non-hydrogen) atoms. The lowest BCUT2D eigenvalue weighted by molar-refractivity contribution is -0.549. The molecule has 0 spiro atoms. The van der Waals surface area contributed by atoms with Crippen LogP contribution in [0, 0.1) is 62.6 Å². The maximum atomic E-state index is 7.03. The molecule has 7 fully saturated rings. The van der Waals surface area contributed by atoms with Crippen LogP contribution in [0.2, 0.25) is 5.31 Å². The van der Waals surface area contributed by atoms with E-state index in [0.717, 1.165) is 35.5 Å². The van der Waals surface area contributed by atoms with Crippen molar-refractivity contribution < 1.29 is 0 Å². The van der Waals surface area contributed by atoms with E-state index in [-0.39, 0.29) is 5.31 Å². The van der Waals surface area contributed by atoms with Gasteiger partial charge in [0.1, 0.15) is 0 Å². The first-order valence-electron chi connectivity index (χ1n) is 8.97. The molecule has 0 aromatic heterocycles. The van der Waals surface area contributed by atoms with Crippen molar-refractivity contribution in [3.8, 4) is 0 Å². The highest BCUT2D eigenvalue weighted by Gasteiger charge is 3.07. The van der Waals surface area contributed by atoms with Gasteiger partial charge in [-0.2, -0.15) is 0 Å². The molecule has 7 saturated carbocycles. The van der Waals surface area contributed by atoms with Crippen LogP contribution in [0.1, 0.15) is 47.5 Å². The Morgan fingerprint density at radius 3 is 2.15 bits per heavy atom. The van der Waals surface area contributed by atoms with Crippen LogP contribution in [0.3, 0.4) is 0 Å². The van der Waals surface area contributed by atoms with Crippen molar-refractivity contribution in [1.29, 1.82) is 0 Å². The third kappa shape index (κ3) is 0.419. The van der Waals surface area contributed by atoms with Gasteiger partial charge in [0.15, 0.2) is 0 Å². The predicted molar refractivity (Wildman–Crippen MR) is 79.2 cm³/mol. The molecule has 0 bridgehead atoms. The van der Waals surface area contributed by atoms with Crippen LogP contribution < -0.4 is 0 Å². The minimum Gasteiger partial charge on any atom is -0.0590 e. The predicted octanol–water partition coefficient (Wildman–Crippen LogP) is 3.92. The molecule has 0 amide bonds. The molecule has 12 atom stereocenters. The van der Waals surface area contributed by atoms with E-state index in [1.807, 2.05) is 0 Å². The SMILES string of the molecule is [B]C12CC3C4CC5C6C7C1C(C)(C32C)C7(C)C6(C)C45C. The van der Waals surface area contributed by atoms with Crippen LogP contribution >= 0.6 is 0 Å². The summed E-state index contributed by atoms with van der Waals surface area (Å²) in [6, 6.07) is 0. The lowest BCUT2D eigenvalue weighted by Gasteiger charge is -3.04. The summed E-state index contributed by atoms with van der Waals surface area (Å²) in [5, 5.41) is 0.235. The smallest absolute Gasteiger partial charge is 0.0590 e. The second kappa shape index (κ2) is 1.98. The molecule has 0 heterocycles.